The van der Waals surface area contributed by atoms with Crippen LogP contribution >= 0.6 is 11.8 Å². The van der Waals surface area contributed by atoms with Gasteiger partial charge in [0, 0.05) is 13.6 Å². The lowest BCUT2D eigenvalue weighted by Gasteiger charge is -2.07. The van der Waals surface area contributed by atoms with Gasteiger partial charge < -0.3 is 5.11 Å². The van der Waals surface area contributed by atoms with Gasteiger partial charge in [0.2, 0.25) is 5.88 Å². The molecule has 0 bridgehead atoms. The van der Waals surface area contributed by atoms with Crippen LogP contribution in [0, 0.1) is 0 Å². The molecule has 114 valence electrons. The normalized spacial score (nSPS) is 10.9. The van der Waals surface area contributed by atoms with E-state index in [9.17, 15) is 14.7 Å². The highest BCUT2D eigenvalue weighted by Crippen LogP contribution is 2.12. The van der Waals surface area contributed by atoms with E-state index in [1.54, 1.807) is 7.05 Å². The number of nitrogens with zero attached hydrogens (tertiary/aromatic N) is 2. The molecule has 0 unspecified atom stereocenters. The number of aromatic nitrogens is 2. The van der Waals surface area contributed by atoms with Gasteiger partial charge in [0.05, 0.1) is 0 Å². The highest BCUT2D eigenvalue weighted by molar-refractivity contribution is 7.99. The Morgan fingerprint density at radius 2 is 1.90 bits per heavy atom. The molecule has 0 amide bonds. The van der Waals surface area contributed by atoms with E-state index in [2.05, 4.69) is 6.92 Å². The van der Waals surface area contributed by atoms with Crippen LogP contribution in [-0.2, 0) is 13.6 Å². The standard InChI is InChI=1S/C14H24N2O3S/c1-3-4-5-6-9-20-10-7-8-16-14(19)12(11-17)13(18)15(16)2/h11,18H,3-10H2,1-2H3. The molecule has 0 spiro atoms. The zero-order valence-corrected chi connectivity index (χ0v) is 13.1. The molecule has 20 heavy (non-hydrogen) atoms. The Labute approximate surface area is 124 Å². The topological polar surface area (TPSA) is 64.2 Å². The molecule has 0 aliphatic carbocycles. The van der Waals surface area contributed by atoms with Gasteiger partial charge >= 0.3 is 0 Å². The second kappa shape index (κ2) is 8.89. The number of thioether (sulfide) groups is 1. The van der Waals surface area contributed by atoms with Crippen LogP contribution in [0.25, 0.3) is 0 Å². The van der Waals surface area contributed by atoms with E-state index < -0.39 is 5.56 Å². The lowest BCUT2D eigenvalue weighted by Crippen LogP contribution is -2.23. The molecule has 0 aliphatic heterocycles. The molecule has 1 heterocycles. The van der Waals surface area contributed by atoms with Crippen molar-refractivity contribution in [1.82, 2.24) is 9.36 Å². The summed E-state index contributed by atoms with van der Waals surface area (Å²) in [7, 11) is 1.58. The van der Waals surface area contributed by atoms with Gasteiger partial charge in [-0.2, -0.15) is 11.8 Å². The first-order chi connectivity index (χ1) is 9.63. The van der Waals surface area contributed by atoms with Crippen LogP contribution in [0.2, 0.25) is 0 Å². The highest BCUT2D eigenvalue weighted by Gasteiger charge is 2.15. The minimum Gasteiger partial charge on any atom is -0.493 e. The number of rotatable bonds is 10. The SMILES string of the molecule is CCCCCCSCCCn1c(=O)c(C=O)c(O)n1C. The molecule has 1 N–H and O–H groups in total. The molecule has 6 heteroatoms. The van der Waals surface area contributed by atoms with Crippen LogP contribution in [0.15, 0.2) is 4.79 Å². The average Bonchev–Trinajstić information content (AvgIpc) is 2.64. The lowest BCUT2D eigenvalue weighted by atomic mass is 10.2. The summed E-state index contributed by atoms with van der Waals surface area (Å²) >= 11 is 1.89. The van der Waals surface area contributed by atoms with Gasteiger partial charge in [-0.05, 0) is 24.3 Å². The monoisotopic (exact) mass is 300 g/mol. The van der Waals surface area contributed by atoms with Gasteiger partial charge in [0.25, 0.3) is 5.56 Å². The first-order valence-electron chi connectivity index (χ1n) is 7.15. The van der Waals surface area contributed by atoms with Crippen LogP contribution in [-0.4, -0.2) is 32.3 Å². The minimum absolute atomic E-state index is 0.153. The van der Waals surface area contributed by atoms with Crippen LogP contribution in [0.5, 0.6) is 5.88 Å². The molecule has 0 aromatic carbocycles. The van der Waals surface area contributed by atoms with Crippen LogP contribution in [0.4, 0.5) is 0 Å². The predicted octanol–water partition coefficient (Wildman–Crippen LogP) is 2.41. The molecule has 1 rings (SSSR count). The Morgan fingerprint density at radius 1 is 1.20 bits per heavy atom. The van der Waals surface area contributed by atoms with E-state index in [0.29, 0.717) is 12.8 Å². The number of aromatic hydroxyl groups is 1. The Bertz CT molecular complexity index is 479. The van der Waals surface area contributed by atoms with Crippen molar-refractivity contribution in [3.63, 3.8) is 0 Å². The molecule has 0 saturated carbocycles. The van der Waals surface area contributed by atoms with Crippen molar-refractivity contribution in [2.24, 2.45) is 7.05 Å². The molecule has 0 saturated heterocycles. The third-order valence-electron chi connectivity index (χ3n) is 3.29. The molecule has 0 radical (unpaired) electrons. The fourth-order valence-electron chi connectivity index (χ4n) is 2.06. The zero-order chi connectivity index (χ0) is 15.0. The van der Waals surface area contributed by atoms with Crippen molar-refractivity contribution in [1.29, 1.82) is 0 Å². The van der Waals surface area contributed by atoms with Gasteiger partial charge in [-0.15, -0.1) is 0 Å². The zero-order valence-electron chi connectivity index (χ0n) is 12.3. The second-order valence-corrected chi connectivity index (χ2v) is 6.06. The summed E-state index contributed by atoms with van der Waals surface area (Å²) in [5.41, 5.74) is -0.562. The number of aldehydes is 1. The Kier molecular flexibility index (Phi) is 7.51. The van der Waals surface area contributed by atoms with E-state index in [-0.39, 0.29) is 11.4 Å². The number of hydrogen-bond acceptors (Lipinski definition) is 4. The maximum absolute atomic E-state index is 11.8. The van der Waals surface area contributed by atoms with E-state index in [4.69, 9.17) is 0 Å². The average molecular weight is 300 g/mol. The van der Waals surface area contributed by atoms with Gasteiger partial charge in [-0.1, -0.05) is 26.2 Å². The first-order valence-corrected chi connectivity index (χ1v) is 8.30. The Balaban J connectivity index is 2.33. The predicted molar refractivity (Wildman–Crippen MR) is 82.8 cm³/mol. The largest absolute Gasteiger partial charge is 0.493 e. The summed E-state index contributed by atoms with van der Waals surface area (Å²) in [5, 5.41) is 9.63. The molecule has 1 aromatic rings. The molecule has 1 aromatic heterocycles. The van der Waals surface area contributed by atoms with Crippen LogP contribution in [0.1, 0.15) is 49.4 Å². The minimum atomic E-state index is -0.409. The molecule has 0 atom stereocenters. The smallest absolute Gasteiger partial charge is 0.281 e. The van der Waals surface area contributed by atoms with Crippen molar-refractivity contribution >= 4 is 18.0 Å². The number of hydrogen-bond donors (Lipinski definition) is 1. The number of carbonyl (C=O) groups is 1. The van der Waals surface area contributed by atoms with E-state index in [1.807, 2.05) is 11.8 Å². The number of carbonyl (C=O) groups excluding carboxylic acids is 1. The summed E-state index contributed by atoms with van der Waals surface area (Å²) < 4.78 is 2.76. The third-order valence-corrected chi connectivity index (χ3v) is 4.45. The molecule has 0 aliphatic rings. The second-order valence-electron chi connectivity index (χ2n) is 4.83. The maximum Gasteiger partial charge on any atom is 0.281 e. The van der Waals surface area contributed by atoms with E-state index in [0.717, 1.165) is 17.9 Å². The quantitative estimate of drug-likeness (QED) is 0.532. The van der Waals surface area contributed by atoms with Gasteiger partial charge in [0.1, 0.15) is 5.56 Å². The van der Waals surface area contributed by atoms with Crippen molar-refractivity contribution in [3.05, 3.63) is 15.9 Å². The Morgan fingerprint density at radius 3 is 2.50 bits per heavy atom. The summed E-state index contributed by atoms with van der Waals surface area (Å²) in [6, 6.07) is 0. The van der Waals surface area contributed by atoms with Crippen LogP contribution in [0.3, 0.4) is 0 Å². The van der Waals surface area contributed by atoms with E-state index in [1.165, 1.54) is 35.0 Å². The molecular weight excluding hydrogens is 276 g/mol. The maximum atomic E-state index is 11.8. The van der Waals surface area contributed by atoms with Gasteiger partial charge in [-0.3, -0.25) is 14.3 Å². The van der Waals surface area contributed by atoms with Crippen molar-refractivity contribution in [2.75, 3.05) is 11.5 Å². The van der Waals surface area contributed by atoms with Crippen molar-refractivity contribution in [2.45, 2.75) is 45.6 Å². The summed E-state index contributed by atoms with van der Waals surface area (Å²) in [6.07, 6.45) is 6.36. The van der Waals surface area contributed by atoms with E-state index >= 15 is 0 Å². The Hall–Kier alpha value is -1.17. The lowest BCUT2D eigenvalue weighted by molar-refractivity contribution is 0.111. The molecule has 5 nitrogen and oxygen atoms in total. The van der Waals surface area contributed by atoms with Gasteiger partial charge in [-0.25, -0.2) is 4.68 Å². The first kappa shape index (κ1) is 16.9. The summed E-state index contributed by atoms with van der Waals surface area (Å²) in [5.74, 6) is 1.89. The van der Waals surface area contributed by atoms with Crippen LogP contribution < -0.4 is 5.56 Å². The van der Waals surface area contributed by atoms with Crippen molar-refractivity contribution < 1.29 is 9.90 Å². The fraction of sp³-hybridized carbons (Fsp3) is 0.714. The molecule has 0 fully saturated rings. The summed E-state index contributed by atoms with van der Waals surface area (Å²) in [6.45, 7) is 2.73. The fourth-order valence-corrected chi connectivity index (χ4v) is 3.01. The molecular formula is C14H24N2O3S. The number of unbranched alkanes of at least 4 members (excludes halogenated alkanes) is 3. The summed E-state index contributed by atoms with van der Waals surface area (Å²) in [4.78, 5) is 22.5. The third kappa shape index (κ3) is 4.44. The highest BCUT2D eigenvalue weighted by atomic mass is 32.2. The van der Waals surface area contributed by atoms with Gasteiger partial charge in [0.15, 0.2) is 6.29 Å². The van der Waals surface area contributed by atoms with Crippen molar-refractivity contribution in [3.8, 4) is 5.88 Å².